The van der Waals surface area contributed by atoms with Crippen LogP contribution in [0.25, 0.3) is 0 Å². The van der Waals surface area contributed by atoms with Gasteiger partial charge in [0.1, 0.15) is 0 Å². The van der Waals surface area contributed by atoms with E-state index in [1.807, 2.05) is 0 Å². The van der Waals surface area contributed by atoms with Crippen molar-refractivity contribution in [3.8, 4) is 0 Å². The zero-order valence-corrected chi connectivity index (χ0v) is 12.1. The first-order valence-electron chi connectivity index (χ1n) is 7.38. The first-order chi connectivity index (χ1) is 8.38. The second kappa shape index (κ2) is 7.21. The van der Waals surface area contributed by atoms with Gasteiger partial charge in [0.2, 0.25) is 0 Å². The van der Waals surface area contributed by atoms with Gasteiger partial charge in [0.05, 0.1) is 0 Å². The summed E-state index contributed by atoms with van der Waals surface area (Å²) in [6.45, 7) is 2.27. The van der Waals surface area contributed by atoms with Crippen LogP contribution in [0.3, 0.4) is 0 Å². The van der Waals surface area contributed by atoms with Gasteiger partial charge in [-0.1, -0.05) is 51.4 Å². The zero-order chi connectivity index (χ0) is 11.9. The number of nitrogens with one attached hydrogen (secondary N) is 1. The summed E-state index contributed by atoms with van der Waals surface area (Å²) in [4.78, 5) is 0. The van der Waals surface area contributed by atoms with Gasteiger partial charge in [-0.05, 0) is 31.2 Å². The Hall–Kier alpha value is -0.290. The number of hydrogen-bond donors (Lipinski definition) is 1. The van der Waals surface area contributed by atoms with Crippen molar-refractivity contribution in [3.63, 3.8) is 0 Å². The summed E-state index contributed by atoms with van der Waals surface area (Å²) < 4.78 is 3.37. The van der Waals surface area contributed by atoms with Crippen LogP contribution in [0.4, 0.5) is 0 Å². The van der Waals surface area contributed by atoms with Crippen molar-refractivity contribution >= 4 is 8.35 Å². The highest BCUT2D eigenvalue weighted by atomic mass is 31.0. The summed E-state index contributed by atoms with van der Waals surface area (Å²) in [7, 11) is 1.37. The Balaban J connectivity index is 1.95. The van der Waals surface area contributed by atoms with Crippen molar-refractivity contribution in [1.82, 2.24) is 4.75 Å². The van der Waals surface area contributed by atoms with Crippen LogP contribution in [0.1, 0.15) is 81.0 Å². The van der Waals surface area contributed by atoms with Gasteiger partial charge in [-0.3, -0.25) is 0 Å². The molecule has 96 valence electrons. The Bertz CT molecular complexity index is 306. The molecular weight excluding hydrogens is 225 g/mol. The summed E-state index contributed by atoms with van der Waals surface area (Å²) in [5.74, 6) is 0.862. The highest BCUT2D eigenvalue weighted by molar-refractivity contribution is 7.26. The summed E-state index contributed by atoms with van der Waals surface area (Å²) in [5.41, 5.74) is 1.51. The van der Waals surface area contributed by atoms with Crippen LogP contribution in [-0.4, -0.2) is 4.75 Å². The molecule has 1 aliphatic carbocycles. The van der Waals surface area contributed by atoms with Crippen molar-refractivity contribution in [2.75, 3.05) is 0 Å². The minimum atomic E-state index is 0.862. The van der Waals surface area contributed by atoms with Crippen LogP contribution in [0.2, 0.25) is 0 Å². The summed E-state index contributed by atoms with van der Waals surface area (Å²) in [5, 5.41) is 1.68. The fraction of sp³-hybridized carbons (Fsp3) is 0.800. The lowest BCUT2D eigenvalue weighted by Crippen LogP contribution is -1.98. The fourth-order valence-corrected chi connectivity index (χ4v) is 4.11. The van der Waals surface area contributed by atoms with Crippen molar-refractivity contribution in [2.45, 2.75) is 77.0 Å². The second-order valence-electron chi connectivity index (χ2n) is 5.56. The number of aromatic amines is 1. The van der Waals surface area contributed by atoms with E-state index in [1.165, 1.54) is 78.1 Å². The molecule has 0 unspecified atom stereocenters. The molecule has 2 heteroatoms. The monoisotopic (exact) mass is 251 g/mol. The van der Waals surface area contributed by atoms with E-state index in [0.29, 0.717) is 0 Å². The molecule has 17 heavy (non-hydrogen) atoms. The van der Waals surface area contributed by atoms with Crippen LogP contribution in [-0.2, 0) is 0 Å². The standard InChI is InChI=1S/C15H26NP/c1-13-12-16-17-15(13)14-10-8-6-4-2-3-5-7-9-11-14/h12,14,16H,2-11H2,1H3. The Morgan fingerprint density at radius 2 is 1.47 bits per heavy atom. The fourth-order valence-electron chi connectivity index (χ4n) is 3.03. The highest BCUT2D eigenvalue weighted by Crippen LogP contribution is 2.35. The molecule has 0 spiro atoms. The normalized spacial score (nSPS) is 21.5. The van der Waals surface area contributed by atoms with Crippen molar-refractivity contribution in [1.29, 1.82) is 0 Å². The first-order valence-corrected chi connectivity index (χ1v) is 8.27. The molecular formula is C15H26NP. The lowest BCUT2D eigenvalue weighted by Gasteiger charge is -2.16. The van der Waals surface area contributed by atoms with Crippen LogP contribution < -0.4 is 0 Å². The van der Waals surface area contributed by atoms with Crippen molar-refractivity contribution in [3.05, 3.63) is 17.1 Å². The average Bonchev–Trinajstić information content (AvgIpc) is 2.72. The molecule has 1 aliphatic rings. The van der Waals surface area contributed by atoms with E-state index in [2.05, 4.69) is 17.9 Å². The van der Waals surface area contributed by atoms with E-state index >= 15 is 0 Å². The third-order valence-electron chi connectivity index (χ3n) is 4.11. The molecule has 1 aromatic heterocycles. The van der Waals surface area contributed by atoms with Gasteiger partial charge in [0.25, 0.3) is 0 Å². The number of aromatic nitrogens is 1. The molecule has 1 fully saturated rings. The Morgan fingerprint density at radius 3 is 1.94 bits per heavy atom. The Kier molecular flexibility index (Phi) is 5.58. The van der Waals surface area contributed by atoms with E-state index in [4.69, 9.17) is 0 Å². The molecule has 0 aromatic carbocycles. The van der Waals surface area contributed by atoms with Crippen molar-refractivity contribution < 1.29 is 0 Å². The molecule has 0 bridgehead atoms. The first kappa shape index (κ1) is 13.1. The third-order valence-corrected chi connectivity index (χ3v) is 5.33. The van der Waals surface area contributed by atoms with E-state index in [0.717, 1.165) is 5.92 Å². The summed E-state index contributed by atoms with van der Waals surface area (Å²) >= 11 is 0. The Labute approximate surface area is 108 Å². The molecule has 0 saturated heterocycles. The predicted octanol–water partition coefficient (Wildman–Crippen LogP) is 5.90. The zero-order valence-electron chi connectivity index (χ0n) is 11.2. The molecule has 2 rings (SSSR count). The number of rotatable bonds is 1. The van der Waals surface area contributed by atoms with Gasteiger partial charge >= 0.3 is 0 Å². The third kappa shape index (κ3) is 4.14. The average molecular weight is 251 g/mol. The van der Waals surface area contributed by atoms with E-state index in [-0.39, 0.29) is 0 Å². The topological polar surface area (TPSA) is 15.8 Å². The molecule has 1 N–H and O–H groups in total. The number of hydrogen-bond acceptors (Lipinski definition) is 0. The molecule has 0 atom stereocenters. The predicted molar refractivity (Wildman–Crippen MR) is 77.0 cm³/mol. The molecule has 0 amide bonds. The van der Waals surface area contributed by atoms with Gasteiger partial charge < -0.3 is 4.75 Å². The quantitative estimate of drug-likeness (QED) is 0.639. The molecule has 1 saturated carbocycles. The van der Waals surface area contributed by atoms with Gasteiger partial charge in [-0.2, -0.15) is 0 Å². The van der Waals surface area contributed by atoms with Gasteiger partial charge in [-0.25, -0.2) is 0 Å². The lowest BCUT2D eigenvalue weighted by atomic mass is 9.92. The molecule has 0 aliphatic heterocycles. The second-order valence-corrected chi connectivity index (χ2v) is 6.52. The van der Waals surface area contributed by atoms with E-state index in [9.17, 15) is 0 Å². The highest BCUT2D eigenvalue weighted by Gasteiger charge is 2.15. The Morgan fingerprint density at radius 1 is 0.941 bits per heavy atom. The van der Waals surface area contributed by atoms with Gasteiger partial charge in [-0.15, -0.1) is 0 Å². The lowest BCUT2D eigenvalue weighted by molar-refractivity contribution is 0.519. The largest absolute Gasteiger partial charge is 0.344 e. The van der Waals surface area contributed by atoms with E-state index < -0.39 is 0 Å². The van der Waals surface area contributed by atoms with Crippen molar-refractivity contribution in [2.24, 2.45) is 0 Å². The minimum absolute atomic E-state index is 0.862. The maximum atomic E-state index is 3.37. The number of H-pyrrole nitrogens is 1. The minimum Gasteiger partial charge on any atom is -0.344 e. The maximum Gasteiger partial charge on any atom is 0.0144 e. The van der Waals surface area contributed by atoms with Gasteiger partial charge in [0.15, 0.2) is 0 Å². The summed E-state index contributed by atoms with van der Waals surface area (Å²) in [6, 6.07) is 0. The molecule has 1 nitrogen and oxygen atoms in total. The number of aryl methyl sites for hydroxylation is 1. The molecule has 1 aromatic rings. The van der Waals surface area contributed by atoms with E-state index in [1.54, 1.807) is 5.30 Å². The maximum absolute atomic E-state index is 3.37. The smallest absolute Gasteiger partial charge is 0.0144 e. The van der Waals surface area contributed by atoms with Crippen LogP contribution in [0.5, 0.6) is 0 Å². The van der Waals surface area contributed by atoms with Crippen LogP contribution in [0.15, 0.2) is 6.20 Å². The van der Waals surface area contributed by atoms with Crippen LogP contribution >= 0.6 is 8.35 Å². The SMILES string of the molecule is Cc1c[nH]pc1C1CCCCCCCCCC1. The van der Waals surface area contributed by atoms with Gasteiger partial charge in [0, 0.05) is 19.8 Å². The van der Waals surface area contributed by atoms with Crippen LogP contribution in [0, 0.1) is 6.92 Å². The molecule has 0 radical (unpaired) electrons. The summed E-state index contributed by atoms with van der Waals surface area (Å²) in [6.07, 6.45) is 16.7. The molecule has 1 heterocycles.